The minimum atomic E-state index is -0.412. The van der Waals surface area contributed by atoms with Gasteiger partial charge >= 0.3 is 5.97 Å². The van der Waals surface area contributed by atoms with Crippen LogP contribution in [0.5, 0.6) is 11.5 Å². The molecule has 0 bridgehead atoms. The molecule has 0 spiro atoms. The highest BCUT2D eigenvalue weighted by Gasteiger charge is 2.13. The molecule has 0 aromatic heterocycles. The zero-order valence-corrected chi connectivity index (χ0v) is 13.7. The highest BCUT2D eigenvalue weighted by Crippen LogP contribution is 2.20. The molecule has 1 N–H and O–H groups in total. The van der Waals surface area contributed by atoms with E-state index in [9.17, 15) is 9.59 Å². The molecule has 0 aliphatic rings. The second-order valence-electron chi connectivity index (χ2n) is 4.30. The highest BCUT2D eigenvalue weighted by molar-refractivity contribution is 5.93. The number of esters is 1. The Hall–Kier alpha value is -2.86. The average molecular weight is 331 g/mol. The van der Waals surface area contributed by atoms with Crippen LogP contribution in [-0.4, -0.2) is 25.6 Å². The molecule has 0 unspecified atom stereocenters. The van der Waals surface area contributed by atoms with Gasteiger partial charge in [0, 0.05) is 0 Å². The summed E-state index contributed by atoms with van der Waals surface area (Å²) >= 11 is 0. The first kappa shape index (κ1) is 19.2. The van der Waals surface area contributed by atoms with Crippen LogP contribution in [0.3, 0.4) is 0 Å². The first-order valence-electron chi connectivity index (χ1n) is 7.52. The molecule has 6 nitrogen and oxygen atoms in total. The van der Waals surface area contributed by atoms with Crippen LogP contribution in [0.25, 0.3) is 0 Å². The van der Waals surface area contributed by atoms with Gasteiger partial charge < -0.3 is 9.47 Å². The monoisotopic (exact) mass is 331 g/mol. The fourth-order valence-corrected chi connectivity index (χ4v) is 1.68. The number of ether oxygens (including phenoxy) is 2. The fraction of sp³-hybridized carbons (Fsp3) is 0.222. The molecule has 0 saturated carbocycles. The number of carbonyl (C=O) groups is 2. The van der Waals surface area contributed by atoms with E-state index >= 15 is 0 Å². The Kier molecular flexibility index (Phi) is 9.33. The quantitative estimate of drug-likeness (QED) is 0.278. The molecule has 0 atom stereocenters. The number of amides is 1. The highest BCUT2D eigenvalue weighted by atomic mass is 16.6. The zero-order valence-electron chi connectivity index (χ0n) is 13.7. The number of para-hydroxylation sites is 2. The molecule has 128 valence electrons. The third kappa shape index (κ3) is 6.93. The minimum Gasteiger partial charge on any atom is -0.493 e. The van der Waals surface area contributed by atoms with E-state index in [1.807, 2.05) is 36.7 Å². The number of rotatable bonds is 7. The van der Waals surface area contributed by atoms with E-state index in [2.05, 4.69) is 4.84 Å². The molecule has 0 radical (unpaired) electrons. The Bertz CT molecular complexity index is 616. The van der Waals surface area contributed by atoms with Crippen molar-refractivity contribution < 1.29 is 23.9 Å². The van der Waals surface area contributed by atoms with E-state index in [0.29, 0.717) is 36.7 Å². The second kappa shape index (κ2) is 11.7. The van der Waals surface area contributed by atoms with Crippen molar-refractivity contribution in [2.45, 2.75) is 13.8 Å². The van der Waals surface area contributed by atoms with E-state index in [1.54, 1.807) is 37.3 Å². The van der Waals surface area contributed by atoms with Gasteiger partial charge in [-0.15, -0.1) is 0 Å². The Morgan fingerprint density at radius 1 is 1.00 bits per heavy atom. The molecule has 2 aromatic rings. The molecule has 2 aromatic carbocycles. The largest absolute Gasteiger partial charge is 0.493 e. The van der Waals surface area contributed by atoms with E-state index in [0.717, 1.165) is 0 Å². The summed E-state index contributed by atoms with van der Waals surface area (Å²) in [5.74, 6) is 0.653. The van der Waals surface area contributed by atoms with Crippen LogP contribution in [0, 0.1) is 0 Å². The van der Waals surface area contributed by atoms with E-state index in [4.69, 9.17) is 9.47 Å². The fourth-order valence-electron chi connectivity index (χ4n) is 1.68. The minimum absolute atomic E-state index is 0.412. The third-order valence-corrected chi connectivity index (χ3v) is 2.64. The van der Waals surface area contributed by atoms with Gasteiger partial charge in [-0.3, -0.25) is 9.63 Å². The lowest BCUT2D eigenvalue weighted by atomic mass is 10.2. The number of benzene rings is 2. The van der Waals surface area contributed by atoms with E-state index in [1.165, 1.54) is 0 Å². The van der Waals surface area contributed by atoms with Gasteiger partial charge in [-0.05, 0) is 38.1 Å². The number of nitrogens with one attached hydrogen (secondary N) is 1. The molecule has 0 fully saturated rings. The van der Waals surface area contributed by atoms with Crippen molar-refractivity contribution in [3.05, 3.63) is 60.2 Å². The van der Waals surface area contributed by atoms with Crippen molar-refractivity contribution >= 4 is 12.4 Å². The molecular formula is C18H21NO5. The van der Waals surface area contributed by atoms with Gasteiger partial charge in [0.15, 0.2) is 0 Å². The van der Waals surface area contributed by atoms with Crippen molar-refractivity contribution in [1.29, 1.82) is 0 Å². The van der Waals surface area contributed by atoms with Crippen molar-refractivity contribution in [2.24, 2.45) is 0 Å². The zero-order chi connectivity index (χ0) is 17.6. The van der Waals surface area contributed by atoms with Gasteiger partial charge in [0.25, 0.3) is 0 Å². The van der Waals surface area contributed by atoms with Gasteiger partial charge in [0.2, 0.25) is 6.41 Å². The molecule has 2 rings (SSSR count). The lowest BCUT2D eigenvalue weighted by molar-refractivity contribution is -0.120. The smallest absolute Gasteiger partial charge is 0.347 e. The van der Waals surface area contributed by atoms with E-state index < -0.39 is 5.97 Å². The lowest BCUT2D eigenvalue weighted by Gasteiger charge is -2.09. The standard InChI is InChI=1S/C15H14O3.C3H7NO2/c1-2-17-14-11-7-6-10-13(14)15(16)18-12-8-4-3-5-9-12;1-2-6-4-3-5/h3-11H,2H2,1H3;3H,2H2,1H3,(H,4,5). The molecule has 0 aliphatic heterocycles. The van der Waals surface area contributed by atoms with Gasteiger partial charge in [-0.2, -0.15) is 0 Å². The Balaban J connectivity index is 0.000000413. The number of carbonyl (C=O) groups excluding carboxylic acids is 2. The maximum atomic E-state index is 12.0. The summed E-state index contributed by atoms with van der Waals surface area (Å²) in [6.07, 6.45) is 0.490. The Morgan fingerprint density at radius 3 is 2.25 bits per heavy atom. The van der Waals surface area contributed by atoms with Crippen molar-refractivity contribution in [2.75, 3.05) is 13.2 Å². The van der Waals surface area contributed by atoms with Crippen LogP contribution >= 0.6 is 0 Å². The first-order valence-corrected chi connectivity index (χ1v) is 7.52. The van der Waals surface area contributed by atoms with Crippen LogP contribution in [0.1, 0.15) is 24.2 Å². The van der Waals surface area contributed by atoms with Crippen molar-refractivity contribution in [3.8, 4) is 11.5 Å². The first-order chi connectivity index (χ1) is 11.7. The average Bonchev–Trinajstić information content (AvgIpc) is 2.62. The van der Waals surface area contributed by atoms with Crippen LogP contribution in [0.2, 0.25) is 0 Å². The van der Waals surface area contributed by atoms with Crippen LogP contribution in [0.4, 0.5) is 0 Å². The van der Waals surface area contributed by atoms with Crippen LogP contribution in [0.15, 0.2) is 54.6 Å². The number of hydroxylamine groups is 1. The second-order valence-corrected chi connectivity index (χ2v) is 4.30. The Labute approximate surface area is 141 Å². The number of hydrogen-bond acceptors (Lipinski definition) is 5. The molecule has 0 saturated heterocycles. The molecule has 0 heterocycles. The summed E-state index contributed by atoms with van der Waals surface area (Å²) in [6.45, 7) is 4.68. The predicted molar refractivity (Wildman–Crippen MR) is 89.8 cm³/mol. The molecular weight excluding hydrogens is 310 g/mol. The predicted octanol–water partition coefficient (Wildman–Crippen LogP) is 2.99. The SMILES string of the molecule is CCONC=O.CCOc1ccccc1C(=O)Oc1ccccc1. The molecule has 0 aliphatic carbocycles. The van der Waals surface area contributed by atoms with Gasteiger partial charge in [0.05, 0.1) is 13.2 Å². The summed E-state index contributed by atoms with van der Waals surface area (Å²) in [6, 6.07) is 16.0. The maximum Gasteiger partial charge on any atom is 0.347 e. The Morgan fingerprint density at radius 2 is 1.67 bits per heavy atom. The van der Waals surface area contributed by atoms with E-state index in [-0.39, 0.29) is 0 Å². The summed E-state index contributed by atoms with van der Waals surface area (Å²) in [5, 5.41) is 0. The summed E-state index contributed by atoms with van der Waals surface area (Å²) in [5.41, 5.74) is 2.45. The third-order valence-electron chi connectivity index (χ3n) is 2.64. The number of hydrogen-bond donors (Lipinski definition) is 1. The molecule has 24 heavy (non-hydrogen) atoms. The van der Waals surface area contributed by atoms with Crippen molar-refractivity contribution in [1.82, 2.24) is 5.48 Å². The van der Waals surface area contributed by atoms with Crippen LogP contribution in [-0.2, 0) is 9.63 Å². The molecule has 1 amide bonds. The maximum absolute atomic E-state index is 12.0. The summed E-state index contributed by atoms with van der Waals surface area (Å²) in [4.78, 5) is 25.7. The van der Waals surface area contributed by atoms with Crippen molar-refractivity contribution in [3.63, 3.8) is 0 Å². The topological polar surface area (TPSA) is 73.9 Å². The lowest BCUT2D eigenvalue weighted by Crippen LogP contribution is -2.10. The molecule has 6 heteroatoms. The van der Waals surface area contributed by atoms with Gasteiger partial charge in [0.1, 0.15) is 17.1 Å². The van der Waals surface area contributed by atoms with Gasteiger partial charge in [-0.1, -0.05) is 30.3 Å². The normalized spacial score (nSPS) is 9.25. The van der Waals surface area contributed by atoms with Gasteiger partial charge in [-0.25, -0.2) is 10.3 Å². The van der Waals surface area contributed by atoms with Crippen LogP contribution < -0.4 is 15.0 Å². The summed E-state index contributed by atoms with van der Waals surface area (Å²) in [7, 11) is 0. The summed E-state index contributed by atoms with van der Waals surface area (Å²) < 4.78 is 10.7.